The van der Waals surface area contributed by atoms with Crippen LogP contribution >= 0.6 is 11.3 Å². The van der Waals surface area contributed by atoms with Gasteiger partial charge in [-0.2, -0.15) is 8.42 Å². The van der Waals surface area contributed by atoms with Gasteiger partial charge in [-0.1, -0.05) is 19.1 Å². The zero-order valence-corrected chi connectivity index (χ0v) is 21.1. The molecule has 188 valence electrons. The molecule has 3 amide bonds. The summed E-state index contributed by atoms with van der Waals surface area (Å²) in [7, 11) is -4.37. The molecule has 1 aromatic carbocycles. The van der Waals surface area contributed by atoms with Crippen LogP contribution in [0.25, 0.3) is 0 Å². The molecule has 2 aliphatic heterocycles. The molecule has 0 radical (unpaired) electrons. The molecular formula is C22H27N5O6S2. The van der Waals surface area contributed by atoms with E-state index in [4.69, 9.17) is 9.54 Å². The number of nitrogens with one attached hydrogen (secondary N) is 1. The fourth-order valence-electron chi connectivity index (χ4n) is 4.24. The number of hydrogen-bond acceptors (Lipinski definition) is 7. The Morgan fingerprint density at radius 1 is 1.14 bits per heavy atom. The van der Waals surface area contributed by atoms with E-state index >= 15 is 0 Å². The highest BCUT2D eigenvalue weighted by Gasteiger charge is 2.58. The molecule has 11 nitrogen and oxygen atoms in total. The van der Waals surface area contributed by atoms with E-state index in [1.165, 1.54) is 33.3 Å². The summed E-state index contributed by atoms with van der Waals surface area (Å²) in [4.78, 5) is 47.1. The van der Waals surface area contributed by atoms with Gasteiger partial charge in [0.15, 0.2) is 0 Å². The van der Waals surface area contributed by atoms with Crippen LogP contribution in [-0.4, -0.2) is 83.1 Å². The third-order valence-electron chi connectivity index (χ3n) is 6.25. The SMILES string of the molecule is CCc1csc(C2(Cc3ccc(NS(=O)(=O)O)cc3)CN2C(=O)CN2CCN(CC)C(=O)C2=O)n1. The minimum Gasteiger partial charge on any atom is -0.333 e. The number of nitrogens with zero attached hydrogens (tertiary/aromatic N) is 4. The minimum atomic E-state index is -4.37. The number of benzene rings is 1. The number of hydrogen-bond donors (Lipinski definition) is 2. The number of rotatable bonds is 9. The van der Waals surface area contributed by atoms with Crippen LogP contribution in [0.4, 0.5) is 5.69 Å². The van der Waals surface area contributed by atoms with Crippen molar-refractivity contribution in [2.24, 2.45) is 0 Å². The molecule has 0 spiro atoms. The average Bonchev–Trinajstić information content (AvgIpc) is 3.32. The summed E-state index contributed by atoms with van der Waals surface area (Å²) in [5, 5.41) is 2.75. The first-order valence-electron chi connectivity index (χ1n) is 11.2. The second kappa shape index (κ2) is 9.55. The summed E-state index contributed by atoms with van der Waals surface area (Å²) in [6, 6.07) is 6.50. The Hall–Kier alpha value is -3.03. The van der Waals surface area contributed by atoms with E-state index in [2.05, 4.69) is 0 Å². The lowest BCUT2D eigenvalue weighted by molar-refractivity contribution is -0.157. The number of aromatic nitrogens is 1. The zero-order valence-electron chi connectivity index (χ0n) is 19.4. The maximum absolute atomic E-state index is 13.2. The van der Waals surface area contributed by atoms with Crippen LogP contribution in [0, 0.1) is 0 Å². The van der Waals surface area contributed by atoms with E-state index in [1.807, 2.05) is 17.0 Å². The monoisotopic (exact) mass is 521 g/mol. The third kappa shape index (κ3) is 5.31. The molecule has 2 saturated heterocycles. The van der Waals surface area contributed by atoms with E-state index in [9.17, 15) is 22.8 Å². The standard InChI is InChI=1S/C22H27N5O6S2/c1-3-16-13-34-21(23-16)22(11-15-5-7-17(8-6-15)24-35(31,32)33)14-27(22)18(28)12-26-10-9-25(4-2)19(29)20(26)30/h5-8,13,24H,3-4,9-12,14H2,1-2H3,(H,31,32,33). The van der Waals surface area contributed by atoms with Crippen LogP contribution in [0.2, 0.25) is 0 Å². The summed E-state index contributed by atoms with van der Waals surface area (Å²) >= 11 is 1.47. The molecule has 0 saturated carbocycles. The first-order chi connectivity index (χ1) is 16.6. The molecule has 1 aromatic heterocycles. The molecule has 0 aliphatic carbocycles. The van der Waals surface area contributed by atoms with Crippen LogP contribution < -0.4 is 4.72 Å². The topological polar surface area (TPSA) is 140 Å². The maximum atomic E-state index is 13.2. The number of carbonyl (C=O) groups is 3. The number of likely N-dealkylation sites (N-methyl/N-ethyl adjacent to an activating group) is 1. The molecule has 2 fully saturated rings. The Morgan fingerprint density at radius 2 is 1.80 bits per heavy atom. The predicted molar refractivity (Wildman–Crippen MR) is 129 cm³/mol. The van der Waals surface area contributed by atoms with Gasteiger partial charge in [0.05, 0.1) is 17.9 Å². The second-order valence-electron chi connectivity index (χ2n) is 8.57. The number of anilines is 1. The molecule has 0 bridgehead atoms. The van der Waals surface area contributed by atoms with Crippen LogP contribution in [-0.2, 0) is 43.1 Å². The van der Waals surface area contributed by atoms with Gasteiger partial charge in [-0.25, -0.2) is 4.98 Å². The van der Waals surface area contributed by atoms with Crippen molar-refractivity contribution in [3.05, 3.63) is 45.9 Å². The number of piperazine rings is 1. The first-order valence-corrected chi connectivity index (χ1v) is 13.6. The smallest absolute Gasteiger partial charge is 0.333 e. The number of thiazole rings is 1. The second-order valence-corrected chi connectivity index (χ2v) is 10.6. The highest BCUT2D eigenvalue weighted by molar-refractivity contribution is 7.87. The lowest BCUT2D eigenvalue weighted by Crippen LogP contribution is -2.55. The third-order valence-corrected chi connectivity index (χ3v) is 7.83. The van der Waals surface area contributed by atoms with Gasteiger partial charge in [0.2, 0.25) is 5.91 Å². The van der Waals surface area contributed by atoms with E-state index < -0.39 is 27.7 Å². The van der Waals surface area contributed by atoms with Crippen LogP contribution in [0.15, 0.2) is 29.6 Å². The summed E-state index contributed by atoms with van der Waals surface area (Å²) in [6.45, 7) is 5.21. The van der Waals surface area contributed by atoms with Crippen molar-refractivity contribution < 1.29 is 27.4 Å². The van der Waals surface area contributed by atoms with Crippen molar-refractivity contribution in [3.63, 3.8) is 0 Å². The largest absolute Gasteiger partial charge is 0.357 e. The van der Waals surface area contributed by atoms with Crippen molar-refractivity contribution in [3.8, 4) is 0 Å². The van der Waals surface area contributed by atoms with Gasteiger partial charge >= 0.3 is 22.1 Å². The van der Waals surface area contributed by atoms with E-state index in [-0.39, 0.29) is 18.1 Å². The van der Waals surface area contributed by atoms with Gasteiger partial charge in [-0.15, -0.1) is 11.3 Å². The Kier molecular flexibility index (Phi) is 6.84. The summed E-state index contributed by atoms with van der Waals surface area (Å²) in [6.07, 6.45) is 1.20. The quantitative estimate of drug-likeness (QED) is 0.284. The van der Waals surface area contributed by atoms with Crippen LogP contribution in [0.5, 0.6) is 0 Å². The molecular weight excluding hydrogens is 494 g/mol. The molecule has 3 heterocycles. The van der Waals surface area contributed by atoms with Gasteiger partial charge in [0, 0.05) is 31.4 Å². The maximum Gasteiger partial charge on any atom is 0.357 e. The fraction of sp³-hybridized carbons (Fsp3) is 0.455. The Balaban J connectivity index is 1.52. The van der Waals surface area contributed by atoms with E-state index in [0.717, 1.165) is 22.7 Å². The fourth-order valence-corrected chi connectivity index (χ4v) is 5.78. The molecule has 2 N–H and O–H groups in total. The Morgan fingerprint density at radius 3 is 2.40 bits per heavy atom. The van der Waals surface area contributed by atoms with Gasteiger partial charge in [-0.05, 0) is 31.0 Å². The van der Waals surface area contributed by atoms with Crippen molar-refractivity contribution >= 4 is 45.0 Å². The zero-order chi connectivity index (χ0) is 25.4. The molecule has 1 atom stereocenters. The van der Waals surface area contributed by atoms with Crippen LogP contribution in [0.1, 0.15) is 30.1 Å². The normalized spacial score (nSPS) is 20.4. The molecule has 35 heavy (non-hydrogen) atoms. The molecule has 13 heteroatoms. The minimum absolute atomic E-state index is 0.174. The number of amides is 3. The predicted octanol–water partition coefficient (Wildman–Crippen LogP) is 0.891. The molecule has 2 aliphatic rings. The lowest BCUT2D eigenvalue weighted by atomic mass is 9.99. The number of aryl methyl sites for hydroxylation is 1. The van der Waals surface area contributed by atoms with Crippen LogP contribution in [0.3, 0.4) is 0 Å². The van der Waals surface area contributed by atoms with Crippen molar-refractivity contribution in [2.45, 2.75) is 32.2 Å². The first kappa shape index (κ1) is 25.1. The summed E-state index contributed by atoms with van der Waals surface area (Å²) in [5.74, 6) is -1.51. The molecule has 2 aromatic rings. The van der Waals surface area contributed by atoms with Gasteiger partial charge < -0.3 is 14.7 Å². The van der Waals surface area contributed by atoms with Crippen molar-refractivity contribution in [2.75, 3.05) is 37.4 Å². The van der Waals surface area contributed by atoms with Crippen molar-refractivity contribution in [1.82, 2.24) is 19.7 Å². The molecule has 4 rings (SSSR count). The average molecular weight is 522 g/mol. The molecule has 1 unspecified atom stereocenters. The Bertz CT molecular complexity index is 1250. The van der Waals surface area contributed by atoms with Crippen molar-refractivity contribution in [1.29, 1.82) is 0 Å². The highest BCUT2D eigenvalue weighted by Crippen LogP contribution is 2.47. The van der Waals surface area contributed by atoms with Gasteiger partial charge in [0.25, 0.3) is 0 Å². The Labute approximate surface area is 207 Å². The summed E-state index contributed by atoms with van der Waals surface area (Å²) in [5.41, 5.74) is 1.31. The summed E-state index contributed by atoms with van der Waals surface area (Å²) < 4.78 is 33.0. The van der Waals surface area contributed by atoms with E-state index in [1.54, 1.807) is 24.0 Å². The lowest BCUT2D eigenvalue weighted by Gasteiger charge is -2.32. The van der Waals surface area contributed by atoms with Gasteiger partial charge in [0.1, 0.15) is 17.1 Å². The highest BCUT2D eigenvalue weighted by atomic mass is 32.2. The number of carbonyl (C=O) groups excluding carboxylic acids is 3. The van der Waals surface area contributed by atoms with E-state index in [0.29, 0.717) is 32.6 Å². The van der Waals surface area contributed by atoms with Gasteiger partial charge in [-0.3, -0.25) is 23.7 Å².